The van der Waals surface area contributed by atoms with Gasteiger partial charge in [0.25, 0.3) is 0 Å². The molecule has 2 atom stereocenters. The summed E-state index contributed by atoms with van der Waals surface area (Å²) in [5.41, 5.74) is -1.32. The number of aromatic nitrogens is 1. The number of hydrogen-bond acceptors (Lipinski definition) is 7. The number of benzene rings is 1. The van der Waals surface area contributed by atoms with Crippen molar-refractivity contribution in [3.63, 3.8) is 0 Å². The van der Waals surface area contributed by atoms with Crippen molar-refractivity contribution < 1.29 is 37.0 Å². The Morgan fingerprint density at radius 1 is 1.05 bits per heavy atom. The van der Waals surface area contributed by atoms with Gasteiger partial charge in [0.15, 0.2) is 5.13 Å². The fourth-order valence-electron chi connectivity index (χ4n) is 3.40. The van der Waals surface area contributed by atoms with Crippen LogP contribution < -0.4 is 10.2 Å². The summed E-state index contributed by atoms with van der Waals surface area (Å²) in [5, 5.41) is 3.08. The molecule has 2 rings (SSSR count). The van der Waals surface area contributed by atoms with E-state index < -0.39 is 47.1 Å². The predicted octanol–water partition coefficient (Wildman–Crippen LogP) is 7.51. The summed E-state index contributed by atoms with van der Waals surface area (Å²) >= 11 is 4.62. The van der Waals surface area contributed by atoms with E-state index in [0.29, 0.717) is 20.2 Å². The van der Waals surface area contributed by atoms with Gasteiger partial charge < -0.3 is 19.5 Å². The van der Waals surface area contributed by atoms with Crippen molar-refractivity contribution in [1.29, 1.82) is 0 Å². The Bertz CT molecular complexity index is 1130. The second-order valence-electron chi connectivity index (χ2n) is 10.9. The van der Waals surface area contributed by atoms with Crippen LogP contribution in [0.2, 0.25) is 0 Å². The minimum atomic E-state index is -4.48. The molecule has 1 N–H and O–H groups in total. The number of rotatable bonds is 8. The van der Waals surface area contributed by atoms with Crippen molar-refractivity contribution >= 4 is 44.6 Å². The lowest BCUT2D eigenvalue weighted by Gasteiger charge is -2.32. The van der Waals surface area contributed by atoms with E-state index in [9.17, 15) is 22.8 Å². The maximum atomic E-state index is 13.4. The number of carbonyl (C=O) groups is 2. The number of amides is 2. The Morgan fingerprint density at radius 3 is 2.10 bits per heavy atom. The van der Waals surface area contributed by atoms with Gasteiger partial charge in [-0.15, -0.1) is 0 Å². The Morgan fingerprint density at radius 2 is 1.62 bits per heavy atom. The lowest BCUT2D eigenvalue weighted by atomic mass is 9.92. The summed E-state index contributed by atoms with van der Waals surface area (Å²) in [6, 6.07) is 3.88. The van der Waals surface area contributed by atoms with Gasteiger partial charge in [-0.05, 0) is 75.2 Å². The molecule has 2 amide bonds. The Hall–Kier alpha value is -2.38. The number of methoxy groups -OCH3 is 1. The molecule has 0 unspecified atom stereocenters. The standard InChI is InChI=1S/C26H35BrF3N3O5S/c1-15(16-9-11-17(12-10-16)26(28,29)30)18(32-22(34)37-24(2,3)4)13-33(23(35)38-25(5,6)7)21-31-19(14-36-8)20(27)39-21/h9-12,15,18H,13-14H2,1-8H3,(H,32,34)/t15-,18+/m0/s1. The zero-order chi connectivity index (χ0) is 29.8. The van der Waals surface area contributed by atoms with E-state index >= 15 is 0 Å². The molecule has 0 fully saturated rings. The van der Waals surface area contributed by atoms with Crippen molar-refractivity contribution in [3.05, 3.63) is 44.9 Å². The van der Waals surface area contributed by atoms with E-state index in [-0.39, 0.29) is 13.2 Å². The van der Waals surface area contributed by atoms with Crippen LogP contribution in [-0.2, 0) is 27.0 Å². The third-order valence-electron chi connectivity index (χ3n) is 5.21. The van der Waals surface area contributed by atoms with E-state index in [1.54, 1.807) is 48.5 Å². The highest BCUT2D eigenvalue weighted by Crippen LogP contribution is 2.34. The second-order valence-corrected chi connectivity index (χ2v) is 13.2. The van der Waals surface area contributed by atoms with E-state index in [1.807, 2.05) is 0 Å². The highest BCUT2D eigenvalue weighted by Gasteiger charge is 2.34. The topological polar surface area (TPSA) is 90.0 Å². The molecule has 2 aromatic rings. The number of anilines is 1. The van der Waals surface area contributed by atoms with Gasteiger partial charge in [0, 0.05) is 13.0 Å². The van der Waals surface area contributed by atoms with E-state index in [1.165, 1.54) is 35.5 Å². The summed E-state index contributed by atoms with van der Waals surface area (Å²) in [6.45, 7) is 12.1. The van der Waals surface area contributed by atoms with Gasteiger partial charge in [-0.3, -0.25) is 4.90 Å². The van der Waals surface area contributed by atoms with Crippen molar-refractivity contribution in [2.75, 3.05) is 18.6 Å². The summed E-state index contributed by atoms with van der Waals surface area (Å²) in [6.07, 6.45) is -5.93. The molecule has 39 heavy (non-hydrogen) atoms. The molecule has 1 aromatic heterocycles. The smallest absolute Gasteiger partial charge is 0.416 e. The van der Waals surface area contributed by atoms with E-state index in [4.69, 9.17) is 14.2 Å². The monoisotopic (exact) mass is 637 g/mol. The first-order valence-corrected chi connectivity index (χ1v) is 13.7. The first-order chi connectivity index (χ1) is 17.8. The molecule has 0 bridgehead atoms. The predicted molar refractivity (Wildman–Crippen MR) is 147 cm³/mol. The van der Waals surface area contributed by atoms with Crippen LogP contribution in [0.25, 0.3) is 0 Å². The molecule has 0 spiro atoms. The molecule has 0 aliphatic heterocycles. The average Bonchev–Trinajstić information content (AvgIpc) is 3.13. The SMILES string of the molecule is COCc1nc(N(C[C@@H](NC(=O)OC(C)(C)C)[C@@H](C)c2ccc(C(F)(F)F)cc2)C(=O)OC(C)(C)C)sc1Br. The number of halogens is 4. The zero-order valence-corrected chi connectivity index (χ0v) is 25.6. The Balaban J connectivity index is 2.50. The van der Waals surface area contributed by atoms with Crippen LogP contribution in [0, 0.1) is 0 Å². The van der Waals surface area contributed by atoms with Crippen LogP contribution in [-0.4, -0.2) is 48.1 Å². The quantitative estimate of drug-likeness (QED) is 0.322. The molecule has 8 nitrogen and oxygen atoms in total. The van der Waals surface area contributed by atoms with Crippen LogP contribution in [0.1, 0.15) is 71.2 Å². The third kappa shape index (κ3) is 10.3. The number of thiazole rings is 1. The summed E-state index contributed by atoms with van der Waals surface area (Å²) in [4.78, 5) is 32.0. The lowest BCUT2D eigenvalue weighted by Crippen LogP contribution is -2.50. The molecule has 13 heteroatoms. The van der Waals surface area contributed by atoms with Crippen LogP contribution in [0.5, 0.6) is 0 Å². The normalized spacial score (nSPS) is 13.9. The average molecular weight is 639 g/mol. The molecular weight excluding hydrogens is 603 g/mol. The van der Waals surface area contributed by atoms with Crippen LogP contribution in [0.4, 0.5) is 27.9 Å². The third-order valence-corrected chi connectivity index (χ3v) is 7.07. The highest BCUT2D eigenvalue weighted by molar-refractivity contribution is 9.11. The molecule has 1 heterocycles. The van der Waals surface area contributed by atoms with E-state index in [2.05, 4.69) is 26.2 Å². The zero-order valence-electron chi connectivity index (χ0n) is 23.2. The molecule has 0 saturated heterocycles. The molecule has 0 saturated carbocycles. The summed E-state index contributed by atoms with van der Waals surface area (Å²) < 4.78 is 56.3. The van der Waals surface area contributed by atoms with Crippen molar-refractivity contribution in [2.24, 2.45) is 0 Å². The van der Waals surface area contributed by atoms with Gasteiger partial charge >= 0.3 is 18.4 Å². The fraction of sp³-hybridized carbons (Fsp3) is 0.577. The number of hydrogen-bond donors (Lipinski definition) is 1. The van der Waals surface area contributed by atoms with Gasteiger partial charge in [0.2, 0.25) is 0 Å². The maximum absolute atomic E-state index is 13.4. The van der Waals surface area contributed by atoms with Crippen LogP contribution in [0.15, 0.2) is 28.1 Å². The Kier molecular flexibility index (Phi) is 10.8. The molecule has 218 valence electrons. The summed E-state index contributed by atoms with van der Waals surface area (Å²) in [7, 11) is 1.52. The minimum Gasteiger partial charge on any atom is -0.444 e. The first kappa shape index (κ1) is 32.8. The van der Waals surface area contributed by atoms with Crippen molar-refractivity contribution in [3.8, 4) is 0 Å². The molecular formula is C26H35BrF3N3O5S. The number of ether oxygens (including phenoxy) is 3. The lowest BCUT2D eigenvalue weighted by molar-refractivity contribution is -0.137. The fourth-order valence-corrected chi connectivity index (χ4v) is 4.84. The summed E-state index contributed by atoms with van der Waals surface area (Å²) in [5.74, 6) is -0.536. The highest BCUT2D eigenvalue weighted by atomic mass is 79.9. The maximum Gasteiger partial charge on any atom is 0.416 e. The van der Waals surface area contributed by atoms with Gasteiger partial charge in [-0.1, -0.05) is 30.4 Å². The second kappa shape index (κ2) is 12.9. The van der Waals surface area contributed by atoms with Crippen LogP contribution >= 0.6 is 27.3 Å². The van der Waals surface area contributed by atoms with E-state index in [0.717, 1.165) is 12.1 Å². The molecule has 0 aliphatic carbocycles. The van der Waals surface area contributed by atoms with Gasteiger partial charge in [-0.2, -0.15) is 13.2 Å². The van der Waals surface area contributed by atoms with Gasteiger partial charge in [-0.25, -0.2) is 14.6 Å². The number of alkyl halides is 3. The Labute approximate surface area is 239 Å². The number of alkyl carbamates (subject to hydrolysis) is 1. The van der Waals surface area contributed by atoms with Crippen molar-refractivity contribution in [1.82, 2.24) is 10.3 Å². The van der Waals surface area contributed by atoms with Crippen molar-refractivity contribution in [2.45, 2.75) is 84.4 Å². The molecule has 1 aromatic carbocycles. The number of nitrogens with one attached hydrogen (secondary N) is 1. The first-order valence-electron chi connectivity index (χ1n) is 12.1. The van der Waals surface area contributed by atoms with Gasteiger partial charge in [0.1, 0.15) is 11.2 Å². The largest absolute Gasteiger partial charge is 0.444 e. The molecule has 0 aliphatic rings. The number of nitrogens with zero attached hydrogens (tertiary/aromatic N) is 2. The van der Waals surface area contributed by atoms with Crippen LogP contribution in [0.3, 0.4) is 0 Å². The minimum absolute atomic E-state index is 0.108. The molecule has 0 radical (unpaired) electrons. The number of carbonyl (C=O) groups excluding carboxylic acids is 2. The van der Waals surface area contributed by atoms with Gasteiger partial charge in [0.05, 0.1) is 34.2 Å².